The van der Waals surface area contributed by atoms with Crippen molar-refractivity contribution in [2.24, 2.45) is 0 Å². The fourth-order valence-corrected chi connectivity index (χ4v) is 1.75. The van der Waals surface area contributed by atoms with Crippen LogP contribution >= 0.6 is 0 Å². The molecular formula is C15H18F3NO4. The number of unbranched alkanes of at least 4 members (excludes halogenated alkanes) is 2. The van der Waals surface area contributed by atoms with Gasteiger partial charge < -0.3 is 15.2 Å². The molecule has 1 rings (SSSR count). The Morgan fingerprint density at radius 2 is 1.74 bits per heavy atom. The third-order valence-electron chi connectivity index (χ3n) is 2.87. The SMILES string of the molecule is O=C(O)CCCCCNC(=O)c1ccc(OCC(F)(F)F)cc1. The average Bonchev–Trinajstić information content (AvgIpc) is 2.48. The third kappa shape index (κ3) is 8.70. The smallest absolute Gasteiger partial charge is 0.422 e. The molecule has 1 aromatic carbocycles. The van der Waals surface area contributed by atoms with Gasteiger partial charge in [0.1, 0.15) is 5.75 Å². The number of carboxylic acid groups (broad SMARTS) is 1. The molecule has 0 aromatic heterocycles. The van der Waals surface area contributed by atoms with E-state index in [0.717, 1.165) is 0 Å². The number of carbonyl (C=O) groups excluding carboxylic acids is 1. The molecule has 0 saturated carbocycles. The second-order valence-electron chi connectivity index (χ2n) is 4.89. The lowest BCUT2D eigenvalue weighted by atomic mass is 10.2. The summed E-state index contributed by atoms with van der Waals surface area (Å²) in [6.45, 7) is -0.973. The van der Waals surface area contributed by atoms with Crippen LogP contribution in [0.2, 0.25) is 0 Å². The van der Waals surface area contributed by atoms with E-state index in [1.807, 2.05) is 0 Å². The van der Waals surface area contributed by atoms with Crippen molar-refractivity contribution in [1.29, 1.82) is 0 Å². The summed E-state index contributed by atoms with van der Waals surface area (Å²) in [4.78, 5) is 22.1. The molecular weight excluding hydrogens is 315 g/mol. The number of nitrogens with one attached hydrogen (secondary N) is 1. The summed E-state index contributed by atoms with van der Waals surface area (Å²) in [5.41, 5.74) is 0.315. The molecule has 0 spiro atoms. The Kier molecular flexibility index (Phi) is 7.37. The van der Waals surface area contributed by atoms with Gasteiger partial charge in [0.25, 0.3) is 5.91 Å². The van der Waals surface area contributed by atoms with Crippen molar-refractivity contribution >= 4 is 11.9 Å². The maximum absolute atomic E-state index is 12.0. The van der Waals surface area contributed by atoms with Crippen molar-refractivity contribution in [1.82, 2.24) is 5.32 Å². The summed E-state index contributed by atoms with van der Waals surface area (Å²) in [6, 6.07) is 5.36. The molecule has 0 bridgehead atoms. The first-order valence-corrected chi connectivity index (χ1v) is 7.07. The van der Waals surface area contributed by atoms with Gasteiger partial charge in [0.2, 0.25) is 0 Å². The Hall–Kier alpha value is -2.25. The van der Waals surface area contributed by atoms with Crippen molar-refractivity contribution in [2.75, 3.05) is 13.2 Å². The number of halogens is 3. The zero-order valence-corrected chi connectivity index (χ0v) is 12.4. The van der Waals surface area contributed by atoms with Crippen LogP contribution in [0, 0.1) is 0 Å². The van der Waals surface area contributed by atoms with Gasteiger partial charge in [0.15, 0.2) is 6.61 Å². The molecule has 2 N–H and O–H groups in total. The number of ether oxygens (including phenoxy) is 1. The van der Waals surface area contributed by atoms with Gasteiger partial charge in [-0.05, 0) is 37.1 Å². The number of carbonyl (C=O) groups is 2. The number of carboxylic acids is 1. The Balaban J connectivity index is 2.29. The Morgan fingerprint density at radius 1 is 1.09 bits per heavy atom. The highest BCUT2D eigenvalue weighted by atomic mass is 19.4. The molecule has 0 unspecified atom stereocenters. The fraction of sp³-hybridized carbons (Fsp3) is 0.467. The molecule has 8 heteroatoms. The van der Waals surface area contributed by atoms with Gasteiger partial charge in [0, 0.05) is 18.5 Å². The number of benzene rings is 1. The van der Waals surface area contributed by atoms with Gasteiger partial charge in [-0.25, -0.2) is 0 Å². The van der Waals surface area contributed by atoms with Crippen LogP contribution < -0.4 is 10.1 Å². The highest BCUT2D eigenvalue weighted by Gasteiger charge is 2.28. The van der Waals surface area contributed by atoms with E-state index >= 15 is 0 Å². The predicted molar refractivity (Wildman–Crippen MR) is 76.4 cm³/mol. The average molecular weight is 333 g/mol. The zero-order valence-electron chi connectivity index (χ0n) is 12.4. The maximum Gasteiger partial charge on any atom is 0.422 e. The zero-order chi connectivity index (χ0) is 17.3. The standard InChI is InChI=1S/C15H18F3NO4/c16-15(17,18)10-23-12-7-5-11(6-8-12)14(22)19-9-3-1-2-4-13(20)21/h5-8H,1-4,9-10H2,(H,19,22)(H,20,21). The van der Waals surface area contributed by atoms with Crippen LogP contribution in [-0.2, 0) is 4.79 Å². The Labute approximate surface area is 131 Å². The van der Waals surface area contributed by atoms with Crippen LogP contribution in [0.5, 0.6) is 5.75 Å². The predicted octanol–water partition coefficient (Wildman–Crippen LogP) is 3.00. The minimum Gasteiger partial charge on any atom is -0.484 e. The van der Waals surface area contributed by atoms with E-state index in [1.165, 1.54) is 24.3 Å². The molecule has 5 nitrogen and oxygen atoms in total. The lowest BCUT2D eigenvalue weighted by Crippen LogP contribution is -2.24. The molecule has 128 valence electrons. The van der Waals surface area contributed by atoms with Crippen LogP contribution in [0.4, 0.5) is 13.2 Å². The fourth-order valence-electron chi connectivity index (χ4n) is 1.75. The van der Waals surface area contributed by atoms with Crippen LogP contribution in [0.3, 0.4) is 0 Å². The normalized spacial score (nSPS) is 11.1. The highest BCUT2D eigenvalue weighted by molar-refractivity contribution is 5.94. The van der Waals surface area contributed by atoms with Crippen molar-refractivity contribution in [3.05, 3.63) is 29.8 Å². The monoisotopic (exact) mass is 333 g/mol. The number of amides is 1. The Bertz CT molecular complexity index is 514. The first kappa shape index (κ1) is 18.8. The van der Waals surface area contributed by atoms with E-state index in [1.54, 1.807) is 0 Å². The van der Waals surface area contributed by atoms with E-state index in [4.69, 9.17) is 5.11 Å². The van der Waals surface area contributed by atoms with Gasteiger partial charge in [-0.2, -0.15) is 13.2 Å². The molecule has 0 aliphatic rings. The van der Waals surface area contributed by atoms with E-state index < -0.39 is 18.8 Å². The van der Waals surface area contributed by atoms with Gasteiger partial charge in [-0.15, -0.1) is 0 Å². The van der Waals surface area contributed by atoms with Crippen LogP contribution in [0.1, 0.15) is 36.0 Å². The van der Waals surface area contributed by atoms with Crippen LogP contribution in [-0.4, -0.2) is 36.3 Å². The van der Waals surface area contributed by atoms with Crippen molar-refractivity contribution in [2.45, 2.75) is 31.9 Å². The van der Waals surface area contributed by atoms with E-state index in [-0.39, 0.29) is 18.1 Å². The van der Waals surface area contributed by atoms with E-state index in [9.17, 15) is 22.8 Å². The first-order valence-electron chi connectivity index (χ1n) is 7.07. The van der Waals surface area contributed by atoms with Crippen molar-refractivity contribution < 1.29 is 32.6 Å². The number of hydrogen-bond donors (Lipinski definition) is 2. The lowest BCUT2D eigenvalue weighted by molar-refractivity contribution is -0.153. The highest BCUT2D eigenvalue weighted by Crippen LogP contribution is 2.18. The summed E-state index contributed by atoms with van der Waals surface area (Å²) in [6.07, 6.45) is -2.40. The van der Waals surface area contributed by atoms with E-state index in [0.29, 0.717) is 31.4 Å². The number of hydrogen-bond acceptors (Lipinski definition) is 3. The summed E-state index contributed by atoms with van der Waals surface area (Å²) in [7, 11) is 0. The first-order chi connectivity index (χ1) is 10.8. The Morgan fingerprint density at radius 3 is 2.30 bits per heavy atom. The van der Waals surface area contributed by atoms with Crippen LogP contribution in [0.25, 0.3) is 0 Å². The summed E-state index contributed by atoms with van der Waals surface area (Å²) >= 11 is 0. The number of rotatable bonds is 9. The summed E-state index contributed by atoms with van der Waals surface area (Å²) < 4.78 is 40.5. The summed E-state index contributed by atoms with van der Waals surface area (Å²) in [5.74, 6) is -1.15. The molecule has 1 aromatic rings. The van der Waals surface area contributed by atoms with E-state index in [2.05, 4.69) is 10.1 Å². The van der Waals surface area contributed by atoms with Gasteiger partial charge in [-0.3, -0.25) is 9.59 Å². The molecule has 0 fully saturated rings. The summed E-state index contributed by atoms with van der Waals surface area (Å²) in [5, 5.41) is 11.1. The second-order valence-corrected chi connectivity index (χ2v) is 4.89. The molecule has 0 aliphatic heterocycles. The minimum atomic E-state index is -4.41. The molecule has 0 saturated heterocycles. The maximum atomic E-state index is 12.0. The molecule has 0 heterocycles. The molecule has 0 atom stereocenters. The largest absolute Gasteiger partial charge is 0.484 e. The van der Waals surface area contributed by atoms with Crippen LogP contribution in [0.15, 0.2) is 24.3 Å². The van der Waals surface area contributed by atoms with Crippen molar-refractivity contribution in [3.8, 4) is 5.75 Å². The minimum absolute atomic E-state index is 0.0348. The third-order valence-corrected chi connectivity index (χ3v) is 2.87. The quantitative estimate of drug-likeness (QED) is 0.681. The second kappa shape index (κ2) is 9.02. The molecule has 23 heavy (non-hydrogen) atoms. The van der Waals surface area contributed by atoms with Gasteiger partial charge >= 0.3 is 12.1 Å². The molecule has 0 radical (unpaired) electrons. The number of aliphatic carboxylic acids is 1. The molecule has 1 amide bonds. The molecule has 0 aliphatic carbocycles. The van der Waals surface area contributed by atoms with Gasteiger partial charge in [-0.1, -0.05) is 6.42 Å². The van der Waals surface area contributed by atoms with Gasteiger partial charge in [0.05, 0.1) is 0 Å². The van der Waals surface area contributed by atoms with Crippen molar-refractivity contribution in [3.63, 3.8) is 0 Å². The number of alkyl halides is 3. The lowest BCUT2D eigenvalue weighted by Gasteiger charge is -2.09. The topological polar surface area (TPSA) is 75.6 Å².